The van der Waals surface area contributed by atoms with Crippen LogP contribution < -0.4 is 5.32 Å². The summed E-state index contributed by atoms with van der Waals surface area (Å²) in [6.07, 6.45) is 4.02. The molecular weight excluding hydrogens is 317 g/mol. The molecule has 1 aromatic carbocycles. The Kier molecular flexibility index (Phi) is 3.49. The molecule has 2 aliphatic rings. The van der Waals surface area contributed by atoms with Crippen molar-refractivity contribution in [3.63, 3.8) is 0 Å². The van der Waals surface area contributed by atoms with Gasteiger partial charge in [-0.15, -0.1) is 0 Å². The molecule has 20 heavy (non-hydrogen) atoms. The third-order valence-electron chi connectivity index (χ3n) is 5.77. The molecule has 3 atom stereocenters. The maximum atomic E-state index is 13.4. The van der Waals surface area contributed by atoms with E-state index >= 15 is 0 Å². The average molecular weight is 340 g/mol. The second-order valence-electron chi connectivity index (χ2n) is 7.46. The predicted molar refractivity (Wildman–Crippen MR) is 84.0 cm³/mol. The minimum absolute atomic E-state index is 0.164. The second kappa shape index (κ2) is 4.81. The summed E-state index contributed by atoms with van der Waals surface area (Å²) in [5, 5.41) is 3.73. The van der Waals surface area contributed by atoms with E-state index in [1.165, 1.54) is 25.3 Å². The van der Waals surface area contributed by atoms with Gasteiger partial charge in [-0.05, 0) is 59.8 Å². The van der Waals surface area contributed by atoms with Gasteiger partial charge in [0.05, 0.1) is 0 Å². The Morgan fingerprint density at radius 3 is 2.75 bits per heavy atom. The van der Waals surface area contributed by atoms with Crippen LogP contribution in [0.4, 0.5) is 4.39 Å². The first-order valence-corrected chi connectivity index (χ1v) is 8.29. The quantitative estimate of drug-likeness (QED) is 0.826. The van der Waals surface area contributed by atoms with Gasteiger partial charge in [0.2, 0.25) is 0 Å². The third kappa shape index (κ3) is 2.23. The zero-order valence-corrected chi connectivity index (χ0v) is 14.1. The van der Waals surface area contributed by atoms with Crippen LogP contribution in [0.25, 0.3) is 0 Å². The Hall–Kier alpha value is -0.410. The van der Waals surface area contributed by atoms with Gasteiger partial charge >= 0.3 is 0 Å². The summed E-state index contributed by atoms with van der Waals surface area (Å²) < 4.78 is 14.4. The van der Waals surface area contributed by atoms with Crippen molar-refractivity contribution < 1.29 is 4.39 Å². The van der Waals surface area contributed by atoms with Gasteiger partial charge in [0.1, 0.15) is 5.82 Å². The largest absolute Gasteiger partial charge is 0.309 e. The van der Waals surface area contributed by atoms with Gasteiger partial charge in [0.25, 0.3) is 0 Å². The Morgan fingerprint density at radius 1 is 1.35 bits per heavy atom. The first-order chi connectivity index (χ1) is 9.33. The molecule has 110 valence electrons. The highest BCUT2D eigenvalue weighted by molar-refractivity contribution is 9.10. The van der Waals surface area contributed by atoms with Crippen LogP contribution in [-0.2, 0) is 6.54 Å². The molecule has 1 aromatic rings. The van der Waals surface area contributed by atoms with Crippen molar-refractivity contribution in [3.8, 4) is 0 Å². The maximum absolute atomic E-state index is 13.4. The molecule has 1 N–H and O–H groups in total. The fourth-order valence-electron chi connectivity index (χ4n) is 4.70. The summed E-state index contributed by atoms with van der Waals surface area (Å²) in [4.78, 5) is 0. The molecule has 2 bridgehead atoms. The van der Waals surface area contributed by atoms with Crippen molar-refractivity contribution in [2.45, 2.75) is 52.6 Å². The average Bonchev–Trinajstić information content (AvgIpc) is 2.84. The molecule has 2 fully saturated rings. The number of rotatable bonds is 3. The first kappa shape index (κ1) is 14.5. The van der Waals surface area contributed by atoms with Crippen molar-refractivity contribution in [2.24, 2.45) is 16.7 Å². The van der Waals surface area contributed by atoms with Gasteiger partial charge in [0, 0.05) is 17.1 Å². The molecule has 2 aliphatic carbocycles. The lowest BCUT2D eigenvalue weighted by Crippen LogP contribution is -2.49. The lowest BCUT2D eigenvalue weighted by Gasteiger charge is -2.43. The molecule has 0 heterocycles. The van der Waals surface area contributed by atoms with Crippen LogP contribution in [0.5, 0.6) is 0 Å². The van der Waals surface area contributed by atoms with Gasteiger partial charge in [0.15, 0.2) is 0 Å². The number of benzene rings is 1. The SMILES string of the molecule is CC12CCC(C1)C(C)(C)C2NCc1cc(F)ccc1Br. The Labute approximate surface area is 129 Å². The summed E-state index contributed by atoms with van der Waals surface area (Å²) >= 11 is 3.52. The summed E-state index contributed by atoms with van der Waals surface area (Å²) in [7, 11) is 0. The number of halogens is 2. The highest BCUT2D eigenvalue weighted by Crippen LogP contribution is 2.62. The van der Waals surface area contributed by atoms with E-state index in [-0.39, 0.29) is 5.82 Å². The van der Waals surface area contributed by atoms with Crippen LogP contribution in [0, 0.1) is 22.6 Å². The van der Waals surface area contributed by atoms with Crippen LogP contribution in [0.2, 0.25) is 0 Å². The molecule has 0 saturated heterocycles. The van der Waals surface area contributed by atoms with Crippen LogP contribution in [-0.4, -0.2) is 6.04 Å². The zero-order chi connectivity index (χ0) is 14.5. The van der Waals surface area contributed by atoms with Gasteiger partial charge < -0.3 is 5.32 Å². The van der Waals surface area contributed by atoms with E-state index in [4.69, 9.17) is 0 Å². The first-order valence-electron chi connectivity index (χ1n) is 7.50. The summed E-state index contributed by atoms with van der Waals surface area (Å²) in [6.45, 7) is 7.93. The van der Waals surface area contributed by atoms with Crippen LogP contribution >= 0.6 is 15.9 Å². The normalized spacial score (nSPS) is 34.6. The van der Waals surface area contributed by atoms with E-state index in [1.54, 1.807) is 12.1 Å². The number of nitrogens with one attached hydrogen (secondary N) is 1. The third-order valence-corrected chi connectivity index (χ3v) is 6.55. The Balaban J connectivity index is 1.77. The van der Waals surface area contributed by atoms with Crippen molar-refractivity contribution in [1.29, 1.82) is 0 Å². The molecule has 0 radical (unpaired) electrons. The molecule has 3 unspecified atom stereocenters. The minimum atomic E-state index is -0.164. The van der Waals surface area contributed by atoms with Gasteiger partial charge in [-0.25, -0.2) is 4.39 Å². The van der Waals surface area contributed by atoms with E-state index in [9.17, 15) is 4.39 Å². The fraction of sp³-hybridized carbons (Fsp3) is 0.647. The molecule has 3 rings (SSSR count). The monoisotopic (exact) mass is 339 g/mol. The molecule has 3 heteroatoms. The van der Waals surface area contributed by atoms with E-state index < -0.39 is 0 Å². The number of hydrogen-bond donors (Lipinski definition) is 1. The topological polar surface area (TPSA) is 12.0 Å². The smallest absolute Gasteiger partial charge is 0.123 e. The standard InChI is InChI=1S/C17H23BrFN/c1-16(2)12-6-7-17(3,9-12)15(16)20-10-11-8-13(19)4-5-14(11)18/h4-5,8,12,15,20H,6-7,9-10H2,1-3H3. The van der Waals surface area contributed by atoms with Gasteiger partial charge in [-0.1, -0.05) is 36.7 Å². The lowest BCUT2D eigenvalue weighted by molar-refractivity contribution is 0.108. The molecular formula is C17H23BrFN. The lowest BCUT2D eigenvalue weighted by atomic mass is 9.68. The van der Waals surface area contributed by atoms with E-state index in [0.717, 1.165) is 22.5 Å². The molecule has 2 saturated carbocycles. The Bertz CT molecular complexity index is 523. The van der Waals surface area contributed by atoms with Gasteiger partial charge in [-0.3, -0.25) is 0 Å². The summed E-state index contributed by atoms with van der Waals surface area (Å²) in [5.74, 6) is 0.671. The second-order valence-corrected chi connectivity index (χ2v) is 8.32. The number of hydrogen-bond acceptors (Lipinski definition) is 1. The fourth-order valence-corrected chi connectivity index (χ4v) is 5.09. The summed E-state index contributed by atoms with van der Waals surface area (Å²) in [6, 6.07) is 5.43. The van der Waals surface area contributed by atoms with Crippen molar-refractivity contribution in [1.82, 2.24) is 5.32 Å². The Morgan fingerprint density at radius 2 is 2.10 bits per heavy atom. The summed E-state index contributed by atoms with van der Waals surface area (Å²) in [5.41, 5.74) is 1.76. The molecule has 0 spiro atoms. The molecule has 0 aliphatic heterocycles. The van der Waals surface area contributed by atoms with Gasteiger partial charge in [-0.2, -0.15) is 0 Å². The van der Waals surface area contributed by atoms with Crippen molar-refractivity contribution in [3.05, 3.63) is 34.1 Å². The molecule has 0 aromatic heterocycles. The van der Waals surface area contributed by atoms with Crippen molar-refractivity contribution in [2.75, 3.05) is 0 Å². The maximum Gasteiger partial charge on any atom is 0.123 e. The molecule has 1 nitrogen and oxygen atoms in total. The molecule has 0 amide bonds. The zero-order valence-electron chi connectivity index (χ0n) is 12.5. The van der Waals surface area contributed by atoms with E-state index in [2.05, 4.69) is 42.0 Å². The number of fused-ring (bicyclic) bond motifs is 2. The van der Waals surface area contributed by atoms with Crippen molar-refractivity contribution >= 4 is 15.9 Å². The van der Waals surface area contributed by atoms with E-state index in [1.807, 2.05) is 0 Å². The van der Waals surface area contributed by atoms with Crippen LogP contribution in [0.15, 0.2) is 22.7 Å². The van der Waals surface area contributed by atoms with E-state index in [0.29, 0.717) is 16.9 Å². The van der Waals surface area contributed by atoms with Crippen LogP contribution in [0.1, 0.15) is 45.6 Å². The van der Waals surface area contributed by atoms with Crippen LogP contribution in [0.3, 0.4) is 0 Å². The predicted octanol–water partition coefficient (Wildman–Crippen LogP) is 4.89. The minimum Gasteiger partial charge on any atom is -0.309 e. The highest BCUT2D eigenvalue weighted by atomic mass is 79.9. The highest BCUT2D eigenvalue weighted by Gasteiger charge is 2.58.